The van der Waals surface area contributed by atoms with E-state index in [2.05, 4.69) is 15.5 Å². The van der Waals surface area contributed by atoms with Gasteiger partial charge in [0.05, 0.1) is 29.9 Å². The normalized spacial score (nSPS) is 25.8. The average Bonchev–Trinajstić information content (AvgIpc) is 3.29. The molecule has 1 heterocycles. The SMILES string of the molecule is CCO[C@@H]1CN(C2CCC(O)(c3ccc(Cl)cc3)CC2)C[C@@H]1NC(=O)CNC(=O)c1cccc(C(F)(F)F)c1. The van der Waals surface area contributed by atoms with Gasteiger partial charge in [0.25, 0.3) is 5.91 Å². The Morgan fingerprint density at radius 3 is 2.46 bits per heavy atom. The molecule has 2 aromatic carbocycles. The van der Waals surface area contributed by atoms with Crippen LogP contribution in [0.2, 0.25) is 5.02 Å². The molecule has 0 aromatic heterocycles. The second-order valence-electron chi connectivity index (χ2n) is 10.2. The van der Waals surface area contributed by atoms with Crippen LogP contribution in [0.25, 0.3) is 0 Å². The van der Waals surface area contributed by atoms with Crippen LogP contribution >= 0.6 is 11.6 Å². The molecule has 0 radical (unpaired) electrons. The number of aliphatic hydroxyl groups is 1. The van der Waals surface area contributed by atoms with Gasteiger partial charge in [0, 0.05) is 36.3 Å². The molecular formula is C28H33ClF3N3O4. The molecule has 1 aliphatic carbocycles. The fraction of sp³-hybridized carbons (Fsp3) is 0.500. The Labute approximate surface area is 230 Å². The summed E-state index contributed by atoms with van der Waals surface area (Å²) in [6, 6.07) is 11.3. The summed E-state index contributed by atoms with van der Waals surface area (Å²) >= 11 is 5.99. The first kappa shape index (κ1) is 29.3. The van der Waals surface area contributed by atoms with Crippen LogP contribution in [0.1, 0.15) is 54.1 Å². The summed E-state index contributed by atoms with van der Waals surface area (Å²) in [4.78, 5) is 27.3. The lowest BCUT2D eigenvalue weighted by molar-refractivity contribution is -0.137. The van der Waals surface area contributed by atoms with E-state index < -0.39 is 29.2 Å². The van der Waals surface area contributed by atoms with Crippen molar-refractivity contribution in [2.45, 2.75) is 62.6 Å². The number of nitrogens with zero attached hydrogens (tertiary/aromatic N) is 1. The molecule has 2 atom stereocenters. The van der Waals surface area contributed by atoms with Gasteiger partial charge in [-0.25, -0.2) is 0 Å². The number of rotatable bonds is 8. The Kier molecular flexibility index (Phi) is 9.21. The van der Waals surface area contributed by atoms with E-state index >= 15 is 0 Å². The van der Waals surface area contributed by atoms with E-state index in [-0.39, 0.29) is 30.3 Å². The predicted molar refractivity (Wildman–Crippen MR) is 140 cm³/mol. The van der Waals surface area contributed by atoms with Crippen molar-refractivity contribution in [3.8, 4) is 0 Å². The maximum Gasteiger partial charge on any atom is 0.416 e. The van der Waals surface area contributed by atoms with E-state index in [1.54, 1.807) is 12.1 Å². The van der Waals surface area contributed by atoms with Crippen LogP contribution in [0.5, 0.6) is 0 Å². The molecule has 11 heteroatoms. The summed E-state index contributed by atoms with van der Waals surface area (Å²) < 4.78 is 44.7. The largest absolute Gasteiger partial charge is 0.416 e. The molecule has 212 valence electrons. The Hall–Kier alpha value is -2.66. The fourth-order valence-electron chi connectivity index (χ4n) is 5.47. The van der Waals surface area contributed by atoms with Crippen LogP contribution in [0.4, 0.5) is 13.2 Å². The summed E-state index contributed by atoms with van der Waals surface area (Å²) in [7, 11) is 0. The minimum Gasteiger partial charge on any atom is -0.385 e. The molecule has 0 unspecified atom stereocenters. The van der Waals surface area contributed by atoms with E-state index in [1.165, 1.54) is 6.07 Å². The minimum atomic E-state index is -4.57. The first-order chi connectivity index (χ1) is 18.5. The quantitative estimate of drug-likeness (QED) is 0.446. The van der Waals surface area contributed by atoms with E-state index in [1.807, 2.05) is 19.1 Å². The van der Waals surface area contributed by atoms with E-state index in [4.69, 9.17) is 16.3 Å². The molecule has 2 aliphatic rings. The minimum absolute atomic E-state index is 0.173. The van der Waals surface area contributed by atoms with Gasteiger partial charge in [0.15, 0.2) is 0 Å². The standard InChI is InChI=1S/C28H33ClF3N3O4/c1-2-39-24-17-35(22-10-12-27(38,13-11-22)19-6-8-21(29)9-7-19)16-23(24)34-25(36)15-33-26(37)18-4-3-5-20(14-18)28(30,31)32/h3-9,14,22-24,38H,2,10-13,15-17H2,1H3,(H,33,37)(H,34,36)/t22?,23-,24+,27?/m0/s1. The maximum absolute atomic E-state index is 12.9. The van der Waals surface area contributed by atoms with E-state index in [0.717, 1.165) is 36.6 Å². The highest BCUT2D eigenvalue weighted by Gasteiger charge is 2.42. The third-order valence-electron chi connectivity index (χ3n) is 7.56. The zero-order valence-electron chi connectivity index (χ0n) is 21.6. The molecule has 1 aliphatic heterocycles. The third kappa shape index (κ3) is 7.30. The van der Waals surface area contributed by atoms with Crippen LogP contribution in [-0.2, 0) is 21.3 Å². The molecule has 0 spiro atoms. The second kappa shape index (κ2) is 12.2. The topological polar surface area (TPSA) is 90.9 Å². The van der Waals surface area contributed by atoms with Crippen LogP contribution in [0.3, 0.4) is 0 Å². The fourth-order valence-corrected chi connectivity index (χ4v) is 5.60. The van der Waals surface area contributed by atoms with Gasteiger partial charge in [0.1, 0.15) is 0 Å². The Morgan fingerprint density at radius 1 is 1.13 bits per heavy atom. The van der Waals surface area contributed by atoms with E-state index in [0.29, 0.717) is 37.6 Å². The van der Waals surface area contributed by atoms with Gasteiger partial charge in [0.2, 0.25) is 5.91 Å². The van der Waals surface area contributed by atoms with Crippen molar-refractivity contribution in [1.82, 2.24) is 15.5 Å². The lowest BCUT2D eigenvalue weighted by atomic mass is 9.77. The molecule has 1 saturated heterocycles. The Morgan fingerprint density at radius 2 is 1.82 bits per heavy atom. The lowest BCUT2D eigenvalue weighted by Gasteiger charge is -2.40. The molecule has 39 heavy (non-hydrogen) atoms. The number of nitrogens with one attached hydrogen (secondary N) is 2. The average molecular weight is 568 g/mol. The first-order valence-corrected chi connectivity index (χ1v) is 13.4. The van der Waals surface area contributed by atoms with Gasteiger partial charge in [-0.2, -0.15) is 13.2 Å². The van der Waals surface area contributed by atoms with Gasteiger partial charge >= 0.3 is 6.18 Å². The maximum atomic E-state index is 12.9. The molecular weight excluding hydrogens is 535 g/mol. The number of carbonyl (C=O) groups excluding carboxylic acids is 2. The Bertz CT molecular complexity index is 1150. The molecule has 7 nitrogen and oxygen atoms in total. The number of hydrogen-bond donors (Lipinski definition) is 3. The summed E-state index contributed by atoms with van der Waals surface area (Å²) in [6.07, 6.45) is -2.03. The zero-order valence-corrected chi connectivity index (χ0v) is 22.4. The van der Waals surface area contributed by atoms with Crippen molar-refractivity contribution < 1.29 is 32.6 Å². The number of alkyl halides is 3. The molecule has 2 amide bonds. The highest BCUT2D eigenvalue weighted by molar-refractivity contribution is 6.30. The van der Waals surface area contributed by atoms with Crippen molar-refractivity contribution in [3.05, 3.63) is 70.2 Å². The molecule has 1 saturated carbocycles. The first-order valence-electron chi connectivity index (χ1n) is 13.1. The van der Waals surface area contributed by atoms with Crippen molar-refractivity contribution in [2.24, 2.45) is 0 Å². The highest BCUT2D eigenvalue weighted by Crippen LogP contribution is 2.39. The smallest absolute Gasteiger partial charge is 0.385 e. The summed E-state index contributed by atoms with van der Waals surface area (Å²) in [5.41, 5.74) is -1.14. The van der Waals surface area contributed by atoms with Crippen LogP contribution in [0, 0.1) is 0 Å². The van der Waals surface area contributed by atoms with E-state index in [9.17, 15) is 27.9 Å². The number of halogens is 4. The second-order valence-corrected chi connectivity index (χ2v) is 10.6. The van der Waals surface area contributed by atoms with Crippen LogP contribution in [0.15, 0.2) is 48.5 Å². The lowest BCUT2D eigenvalue weighted by Crippen LogP contribution is -2.48. The third-order valence-corrected chi connectivity index (χ3v) is 7.82. The van der Waals surface area contributed by atoms with Gasteiger partial charge in [-0.1, -0.05) is 29.8 Å². The molecule has 3 N–H and O–H groups in total. The van der Waals surface area contributed by atoms with Gasteiger partial charge < -0.3 is 20.5 Å². The molecule has 0 bridgehead atoms. The number of benzene rings is 2. The van der Waals surface area contributed by atoms with Crippen LogP contribution in [-0.4, -0.2) is 66.2 Å². The highest BCUT2D eigenvalue weighted by atomic mass is 35.5. The van der Waals surface area contributed by atoms with Crippen molar-refractivity contribution >= 4 is 23.4 Å². The number of hydrogen-bond acceptors (Lipinski definition) is 5. The number of likely N-dealkylation sites (tertiary alicyclic amines) is 1. The summed E-state index contributed by atoms with van der Waals surface area (Å²) in [5.74, 6) is -1.21. The number of ether oxygens (including phenoxy) is 1. The van der Waals surface area contributed by atoms with Crippen molar-refractivity contribution in [3.63, 3.8) is 0 Å². The van der Waals surface area contributed by atoms with Crippen LogP contribution < -0.4 is 10.6 Å². The summed E-state index contributed by atoms with van der Waals surface area (Å²) in [5, 5.41) is 17.1. The van der Waals surface area contributed by atoms with Gasteiger partial charge in [-0.15, -0.1) is 0 Å². The Balaban J connectivity index is 1.30. The van der Waals surface area contributed by atoms with Crippen molar-refractivity contribution in [1.29, 1.82) is 0 Å². The van der Waals surface area contributed by atoms with Gasteiger partial charge in [-0.3, -0.25) is 14.5 Å². The van der Waals surface area contributed by atoms with Gasteiger partial charge in [-0.05, 0) is 68.5 Å². The predicted octanol–water partition coefficient (Wildman–Crippen LogP) is 4.12. The monoisotopic (exact) mass is 567 g/mol. The molecule has 4 rings (SSSR count). The molecule has 2 aromatic rings. The molecule has 2 fully saturated rings. The van der Waals surface area contributed by atoms with Crippen molar-refractivity contribution in [2.75, 3.05) is 26.2 Å². The summed E-state index contributed by atoms with van der Waals surface area (Å²) in [6.45, 7) is 3.16. The zero-order chi connectivity index (χ0) is 28.2. The number of carbonyl (C=O) groups is 2. The number of amides is 2.